The van der Waals surface area contributed by atoms with Crippen LogP contribution in [0.3, 0.4) is 0 Å². The number of furan rings is 1. The normalized spacial score (nSPS) is 17.7. The van der Waals surface area contributed by atoms with Crippen molar-refractivity contribution < 1.29 is 18.8 Å². The number of carbonyl (C=O) groups is 3. The highest BCUT2D eigenvalue weighted by molar-refractivity contribution is 5.91. The number of benzene rings is 2. The van der Waals surface area contributed by atoms with E-state index in [0.717, 1.165) is 41.4 Å². The van der Waals surface area contributed by atoms with Crippen molar-refractivity contribution in [1.29, 1.82) is 0 Å². The molecule has 2 aliphatic rings. The third kappa shape index (κ3) is 5.00. The highest BCUT2D eigenvalue weighted by Gasteiger charge is 2.36. The number of amides is 4. The molecule has 3 aromatic rings. The summed E-state index contributed by atoms with van der Waals surface area (Å²) in [6, 6.07) is 14.8. The van der Waals surface area contributed by atoms with E-state index in [1.807, 2.05) is 35.2 Å². The number of urea groups is 1. The zero-order chi connectivity index (χ0) is 22.8. The molecule has 0 radical (unpaired) electrons. The van der Waals surface area contributed by atoms with Crippen molar-refractivity contribution >= 4 is 34.5 Å². The first-order valence-corrected chi connectivity index (χ1v) is 11.3. The van der Waals surface area contributed by atoms with E-state index < -0.39 is 6.03 Å². The number of nitrogens with zero attached hydrogens (tertiary/aromatic N) is 1. The second-order valence-corrected chi connectivity index (χ2v) is 8.80. The first-order valence-electron chi connectivity index (χ1n) is 11.3. The molecule has 1 saturated heterocycles. The van der Waals surface area contributed by atoms with Crippen molar-refractivity contribution in [3.63, 3.8) is 0 Å². The van der Waals surface area contributed by atoms with E-state index in [1.54, 1.807) is 18.4 Å². The molecule has 8 heteroatoms. The molecular weight excluding hydrogens is 420 g/mol. The molecule has 0 unspecified atom stereocenters. The fourth-order valence-electron chi connectivity index (χ4n) is 4.28. The van der Waals surface area contributed by atoms with Gasteiger partial charge < -0.3 is 14.6 Å². The van der Waals surface area contributed by atoms with Crippen molar-refractivity contribution in [2.45, 2.75) is 25.7 Å². The summed E-state index contributed by atoms with van der Waals surface area (Å²) in [6.07, 6.45) is 4.74. The van der Waals surface area contributed by atoms with Crippen LogP contribution in [0.2, 0.25) is 0 Å². The lowest BCUT2D eigenvalue weighted by Crippen LogP contribution is -2.44. The molecule has 0 spiro atoms. The standard InChI is InChI=1S/C25H26N4O4/c30-23(13-16-9-11-29(15-16)24(31)18-1-2-18)27-28-25(32)26-21-6-3-17(4-7-21)19-5-8-22-20(14-19)10-12-33-22/h3-8,10,12,14,16,18H,1-2,9,11,13,15H2,(H,27,30)(H2,26,28,32)/t16-/m0/s1. The Balaban J connectivity index is 1.07. The predicted molar refractivity (Wildman–Crippen MR) is 124 cm³/mol. The summed E-state index contributed by atoms with van der Waals surface area (Å²) in [5, 5.41) is 3.74. The summed E-state index contributed by atoms with van der Waals surface area (Å²) in [5.41, 5.74) is 8.36. The van der Waals surface area contributed by atoms with Crippen molar-refractivity contribution in [2.24, 2.45) is 11.8 Å². The third-order valence-electron chi connectivity index (χ3n) is 6.24. The highest BCUT2D eigenvalue weighted by atomic mass is 16.3. The molecule has 2 fully saturated rings. The topological polar surface area (TPSA) is 104 Å². The molecule has 0 bridgehead atoms. The van der Waals surface area contributed by atoms with Gasteiger partial charge in [-0.1, -0.05) is 18.2 Å². The van der Waals surface area contributed by atoms with Gasteiger partial charge in [-0.2, -0.15) is 0 Å². The number of rotatable bonds is 5. The van der Waals surface area contributed by atoms with Gasteiger partial charge in [0.15, 0.2) is 0 Å². The molecule has 1 aliphatic heterocycles. The van der Waals surface area contributed by atoms with Crippen LogP contribution in [0.4, 0.5) is 10.5 Å². The Bertz CT molecular complexity index is 1180. The van der Waals surface area contributed by atoms with Crippen LogP contribution in [0.15, 0.2) is 59.2 Å². The minimum absolute atomic E-state index is 0.131. The van der Waals surface area contributed by atoms with Crippen LogP contribution >= 0.6 is 0 Å². The van der Waals surface area contributed by atoms with E-state index in [4.69, 9.17) is 4.42 Å². The summed E-state index contributed by atoms with van der Waals surface area (Å²) in [7, 11) is 0. The van der Waals surface area contributed by atoms with Gasteiger partial charge in [-0.05, 0) is 66.6 Å². The fourth-order valence-corrected chi connectivity index (χ4v) is 4.28. The molecule has 4 amide bonds. The maximum atomic E-state index is 12.2. The molecule has 3 N–H and O–H groups in total. The Morgan fingerprint density at radius 3 is 2.52 bits per heavy atom. The molecule has 5 rings (SSSR count). The number of nitrogens with one attached hydrogen (secondary N) is 3. The van der Waals surface area contributed by atoms with E-state index >= 15 is 0 Å². The zero-order valence-corrected chi connectivity index (χ0v) is 18.2. The first-order chi connectivity index (χ1) is 16.0. The molecule has 170 valence electrons. The van der Waals surface area contributed by atoms with E-state index in [1.165, 1.54) is 0 Å². The van der Waals surface area contributed by atoms with Crippen LogP contribution in [0, 0.1) is 11.8 Å². The molecule has 1 saturated carbocycles. The maximum absolute atomic E-state index is 12.2. The summed E-state index contributed by atoms with van der Waals surface area (Å²) in [4.78, 5) is 38.3. The second kappa shape index (κ2) is 8.97. The van der Waals surface area contributed by atoms with E-state index in [-0.39, 0.29) is 30.1 Å². The second-order valence-electron chi connectivity index (χ2n) is 8.80. The van der Waals surface area contributed by atoms with Gasteiger partial charge >= 0.3 is 6.03 Å². The molecule has 2 heterocycles. The Labute approximate surface area is 191 Å². The van der Waals surface area contributed by atoms with Gasteiger partial charge in [-0.25, -0.2) is 10.2 Å². The van der Waals surface area contributed by atoms with E-state index in [9.17, 15) is 14.4 Å². The van der Waals surface area contributed by atoms with Crippen molar-refractivity contribution in [3.8, 4) is 11.1 Å². The molecule has 1 aromatic heterocycles. The van der Waals surface area contributed by atoms with Crippen LogP contribution in [-0.2, 0) is 9.59 Å². The molecule has 1 atom stereocenters. The van der Waals surface area contributed by atoms with Crippen molar-refractivity contribution in [2.75, 3.05) is 18.4 Å². The Morgan fingerprint density at radius 2 is 1.73 bits per heavy atom. The number of hydrogen-bond acceptors (Lipinski definition) is 4. The number of hydrazine groups is 1. The largest absolute Gasteiger partial charge is 0.464 e. The molecule has 33 heavy (non-hydrogen) atoms. The Hall–Kier alpha value is -3.81. The number of anilines is 1. The Kier molecular flexibility index (Phi) is 5.73. The molecule has 1 aliphatic carbocycles. The monoisotopic (exact) mass is 446 g/mol. The molecule has 2 aromatic carbocycles. The lowest BCUT2D eigenvalue weighted by Gasteiger charge is -2.16. The van der Waals surface area contributed by atoms with Crippen LogP contribution in [0.1, 0.15) is 25.7 Å². The Morgan fingerprint density at radius 1 is 0.939 bits per heavy atom. The van der Waals surface area contributed by atoms with Gasteiger partial charge in [-0.3, -0.25) is 15.0 Å². The van der Waals surface area contributed by atoms with Crippen LogP contribution in [-0.4, -0.2) is 35.8 Å². The SMILES string of the molecule is O=C(C[C@@H]1CCN(C(=O)C2CC2)C1)NNC(=O)Nc1ccc(-c2ccc3occc3c2)cc1. The number of hydrogen-bond donors (Lipinski definition) is 3. The highest BCUT2D eigenvalue weighted by Crippen LogP contribution is 2.33. The summed E-state index contributed by atoms with van der Waals surface area (Å²) in [5.74, 6) is 0.299. The number of likely N-dealkylation sites (tertiary alicyclic amines) is 1. The zero-order valence-electron chi connectivity index (χ0n) is 18.2. The number of carbonyl (C=O) groups excluding carboxylic acids is 3. The van der Waals surface area contributed by atoms with Gasteiger partial charge in [-0.15, -0.1) is 0 Å². The van der Waals surface area contributed by atoms with Crippen LogP contribution in [0.25, 0.3) is 22.1 Å². The smallest absolute Gasteiger partial charge is 0.337 e. The van der Waals surface area contributed by atoms with E-state index in [0.29, 0.717) is 18.8 Å². The summed E-state index contributed by atoms with van der Waals surface area (Å²) < 4.78 is 5.37. The van der Waals surface area contributed by atoms with Crippen LogP contribution < -0.4 is 16.2 Å². The quantitative estimate of drug-likeness (QED) is 0.517. The molecule has 8 nitrogen and oxygen atoms in total. The fraction of sp³-hybridized carbons (Fsp3) is 0.320. The minimum Gasteiger partial charge on any atom is -0.464 e. The number of fused-ring (bicyclic) bond motifs is 1. The lowest BCUT2D eigenvalue weighted by molar-refractivity contribution is -0.132. The van der Waals surface area contributed by atoms with Gasteiger partial charge in [0.25, 0.3) is 0 Å². The van der Waals surface area contributed by atoms with Gasteiger partial charge in [0.05, 0.1) is 6.26 Å². The third-order valence-corrected chi connectivity index (χ3v) is 6.24. The van der Waals surface area contributed by atoms with Gasteiger partial charge in [0, 0.05) is 36.5 Å². The van der Waals surface area contributed by atoms with Crippen molar-refractivity contribution in [1.82, 2.24) is 15.8 Å². The van der Waals surface area contributed by atoms with Gasteiger partial charge in [0.1, 0.15) is 5.58 Å². The molecular formula is C25H26N4O4. The summed E-state index contributed by atoms with van der Waals surface area (Å²) >= 11 is 0. The van der Waals surface area contributed by atoms with Gasteiger partial charge in [0.2, 0.25) is 11.8 Å². The van der Waals surface area contributed by atoms with Crippen molar-refractivity contribution in [3.05, 3.63) is 54.8 Å². The first kappa shape index (κ1) is 21.1. The summed E-state index contributed by atoms with van der Waals surface area (Å²) in [6.45, 7) is 1.34. The lowest BCUT2D eigenvalue weighted by atomic mass is 10.0. The maximum Gasteiger partial charge on any atom is 0.337 e. The van der Waals surface area contributed by atoms with E-state index in [2.05, 4.69) is 22.2 Å². The minimum atomic E-state index is -0.520. The van der Waals surface area contributed by atoms with Crippen LogP contribution in [0.5, 0.6) is 0 Å². The average Bonchev–Trinajstić information content (AvgIpc) is 3.39. The predicted octanol–water partition coefficient (Wildman–Crippen LogP) is 3.90. The average molecular weight is 447 g/mol.